The van der Waals surface area contributed by atoms with E-state index in [0.29, 0.717) is 30.3 Å². The lowest BCUT2D eigenvalue weighted by atomic mass is 9.44. The molecule has 0 bridgehead atoms. The van der Waals surface area contributed by atoms with E-state index >= 15 is 8.78 Å². The van der Waals surface area contributed by atoms with E-state index in [1.54, 1.807) is 12.0 Å². The molecule has 42 heavy (non-hydrogen) atoms. The molecule has 2 aromatic rings. The van der Waals surface area contributed by atoms with Gasteiger partial charge in [0.1, 0.15) is 18.5 Å². The third kappa shape index (κ3) is 3.43. The van der Waals surface area contributed by atoms with Crippen molar-refractivity contribution in [3.8, 4) is 10.8 Å². The zero-order valence-electron chi connectivity index (χ0n) is 23.7. The van der Waals surface area contributed by atoms with Crippen LogP contribution in [0.3, 0.4) is 0 Å². The highest BCUT2D eigenvalue weighted by Gasteiger charge is 2.79. The zero-order chi connectivity index (χ0) is 29.8. The van der Waals surface area contributed by atoms with Crippen LogP contribution in [0.4, 0.5) is 8.78 Å². The third-order valence-electron chi connectivity index (χ3n) is 11.2. The van der Waals surface area contributed by atoms with Crippen molar-refractivity contribution in [3.05, 3.63) is 52.8 Å². The first-order chi connectivity index (χ1) is 19.9. The molecule has 11 heteroatoms. The van der Waals surface area contributed by atoms with Crippen molar-refractivity contribution in [3.63, 3.8) is 0 Å². The minimum absolute atomic E-state index is 0.0584. The number of aromatic nitrogens is 1. The number of alkyl halides is 2. The summed E-state index contributed by atoms with van der Waals surface area (Å²) in [7, 11) is 0. The summed E-state index contributed by atoms with van der Waals surface area (Å²) in [6.07, 6.45) is 0.730. The molecule has 9 atom stereocenters. The molecule has 224 valence electrons. The third-order valence-corrected chi connectivity index (χ3v) is 12.0. The second kappa shape index (κ2) is 9.22. The molecular formula is C31H34F2N2O6S. The molecule has 3 heterocycles. The van der Waals surface area contributed by atoms with E-state index in [2.05, 4.69) is 4.98 Å². The van der Waals surface area contributed by atoms with Crippen LogP contribution >= 0.6 is 11.3 Å². The standard InChI is InChI=1S/C31H34F2N2O6S/c1-16-23(34-27(40-16)24-5-4-8-42-24)14-35-13-17-9-19-20-11-22(32)21-10-18(37)6-7-28(21,2)30(20,33)25(38)12-29(19,3)31(17,41-35)26(39)15-36/h4-8,10,17,19-20,22,25,36,38H,9,11-15H2,1-3H3/t17-,19-,20-,22-,25-,28-,29-,30-,31-/m0/s1. The monoisotopic (exact) mass is 600 g/mol. The number of hydrogen-bond donors (Lipinski definition) is 2. The van der Waals surface area contributed by atoms with Gasteiger partial charge in [0.05, 0.1) is 23.2 Å². The lowest BCUT2D eigenvalue weighted by Crippen LogP contribution is -2.70. The molecule has 3 saturated carbocycles. The number of hydroxylamine groups is 2. The van der Waals surface area contributed by atoms with Crippen LogP contribution in [-0.2, 0) is 21.0 Å². The van der Waals surface area contributed by atoms with Crippen LogP contribution in [0.5, 0.6) is 0 Å². The number of aryl methyl sites for hydroxylation is 1. The van der Waals surface area contributed by atoms with Gasteiger partial charge in [-0.05, 0) is 68.2 Å². The number of allylic oxidation sites excluding steroid dienone is 4. The molecule has 2 N–H and O–H groups in total. The van der Waals surface area contributed by atoms with Gasteiger partial charge < -0.3 is 14.6 Å². The van der Waals surface area contributed by atoms with Crippen molar-refractivity contribution < 1.29 is 37.8 Å². The first kappa shape index (κ1) is 28.2. The molecule has 1 saturated heterocycles. The SMILES string of the molecule is Cc1oc(-c2cccs2)nc1CN1C[C@@H]2C[C@H]3[C@@H]4C[C@H](F)C5=CC(=O)C=C[C@]5(C)[C@@]4(F)[C@@H](O)C[C@]3(C)[C@]2(C(=O)CO)O1. The molecule has 0 radical (unpaired) electrons. The Balaban J connectivity index is 1.24. The minimum atomic E-state index is -2.25. The number of ketones is 2. The van der Waals surface area contributed by atoms with Gasteiger partial charge in [0.15, 0.2) is 22.8 Å². The van der Waals surface area contributed by atoms with Crippen molar-refractivity contribution in [2.45, 2.75) is 70.1 Å². The summed E-state index contributed by atoms with van der Waals surface area (Å²) in [6, 6.07) is 3.83. The topological polar surface area (TPSA) is 113 Å². The number of oxazole rings is 1. The number of hydrogen-bond acceptors (Lipinski definition) is 9. The number of aliphatic hydroxyl groups excluding tert-OH is 2. The molecule has 5 aliphatic rings. The van der Waals surface area contributed by atoms with Crippen LogP contribution in [0.1, 0.15) is 44.6 Å². The van der Waals surface area contributed by atoms with E-state index < -0.39 is 70.3 Å². The highest BCUT2D eigenvalue weighted by Crippen LogP contribution is 2.72. The highest BCUT2D eigenvalue weighted by atomic mass is 32.1. The van der Waals surface area contributed by atoms with Gasteiger partial charge >= 0.3 is 0 Å². The van der Waals surface area contributed by atoms with E-state index in [4.69, 9.17) is 9.25 Å². The Hall–Kier alpha value is -2.57. The fourth-order valence-electron chi connectivity index (χ4n) is 9.28. The molecule has 7 rings (SSSR count). The Morgan fingerprint density at radius 2 is 2.07 bits per heavy atom. The lowest BCUT2D eigenvalue weighted by molar-refractivity contribution is -0.269. The van der Waals surface area contributed by atoms with Crippen LogP contribution in [0.25, 0.3) is 10.8 Å². The molecule has 4 aliphatic carbocycles. The van der Waals surface area contributed by atoms with Gasteiger partial charge in [-0.2, -0.15) is 5.06 Å². The second-order valence-corrected chi connectivity index (χ2v) is 14.0. The first-order valence-electron chi connectivity index (χ1n) is 14.4. The molecule has 0 aromatic carbocycles. The van der Waals surface area contributed by atoms with E-state index in [0.717, 1.165) is 4.88 Å². The average Bonchev–Trinajstić information content (AvgIpc) is 3.72. The fourth-order valence-corrected chi connectivity index (χ4v) is 9.93. The Kier molecular flexibility index (Phi) is 6.19. The summed E-state index contributed by atoms with van der Waals surface area (Å²) in [5, 5.41) is 25.4. The summed E-state index contributed by atoms with van der Waals surface area (Å²) < 4.78 is 39.2. The van der Waals surface area contributed by atoms with Crippen LogP contribution in [0.15, 0.2) is 45.7 Å². The largest absolute Gasteiger partial charge is 0.440 e. The number of fused-ring (bicyclic) bond motifs is 7. The van der Waals surface area contributed by atoms with Gasteiger partial charge in [0.2, 0.25) is 5.89 Å². The zero-order valence-corrected chi connectivity index (χ0v) is 24.5. The first-order valence-corrected chi connectivity index (χ1v) is 15.3. The maximum atomic E-state index is 17.5. The van der Waals surface area contributed by atoms with Gasteiger partial charge in [0, 0.05) is 29.2 Å². The van der Waals surface area contributed by atoms with E-state index in [1.807, 2.05) is 31.4 Å². The van der Waals surface area contributed by atoms with Crippen molar-refractivity contribution >= 4 is 22.9 Å². The summed E-state index contributed by atoms with van der Waals surface area (Å²) in [5.74, 6) is -1.67. The predicted molar refractivity (Wildman–Crippen MR) is 148 cm³/mol. The number of halogens is 2. The number of carbonyl (C=O) groups excluding carboxylic acids is 2. The summed E-state index contributed by atoms with van der Waals surface area (Å²) in [6.45, 7) is 4.95. The van der Waals surface area contributed by atoms with Gasteiger partial charge in [-0.1, -0.05) is 19.1 Å². The van der Waals surface area contributed by atoms with E-state index in [9.17, 15) is 19.8 Å². The molecular weight excluding hydrogens is 566 g/mol. The highest BCUT2D eigenvalue weighted by molar-refractivity contribution is 7.13. The maximum Gasteiger partial charge on any atom is 0.236 e. The number of rotatable bonds is 5. The van der Waals surface area contributed by atoms with Crippen molar-refractivity contribution in [1.29, 1.82) is 0 Å². The number of carbonyl (C=O) groups is 2. The fraction of sp³-hybridized carbons (Fsp3) is 0.581. The molecule has 0 amide bonds. The molecule has 2 aromatic heterocycles. The van der Waals surface area contributed by atoms with Gasteiger partial charge in [0.25, 0.3) is 0 Å². The molecule has 8 nitrogen and oxygen atoms in total. The molecule has 1 aliphatic heterocycles. The Bertz CT molecular complexity index is 1520. The number of thiophene rings is 1. The summed E-state index contributed by atoms with van der Waals surface area (Å²) in [5.41, 5.74) is -5.66. The maximum absolute atomic E-state index is 17.5. The Morgan fingerprint density at radius 3 is 2.79 bits per heavy atom. The predicted octanol–water partition coefficient (Wildman–Crippen LogP) is 4.30. The van der Waals surface area contributed by atoms with Crippen LogP contribution in [-0.4, -0.2) is 68.5 Å². The second-order valence-electron chi connectivity index (χ2n) is 13.0. The number of aliphatic hydroxyl groups is 2. The van der Waals surface area contributed by atoms with Crippen LogP contribution in [0, 0.1) is 35.5 Å². The normalized spacial score (nSPS) is 42.6. The van der Waals surface area contributed by atoms with Crippen molar-refractivity contribution in [2.24, 2.45) is 28.6 Å². The van der Waals surface area contributed by atoms with Gasteiger partial charge in [-0.15, -0.1) is 11.3 Å². The molecule has 0 unspecified atom stereocenters. The smallest absolute Gasteiger partial charge is 0.236 e. The quantitative estimate of drug-likeness (QED) is 0.523. The Morgan fingerprint density at radius 1 is 1.29 bits per heavy atom. The summed E-state index contributed by atoms with van der Waals surface area (Å²) in [4.78, 5) is 37.9. The average molecular weight is 601 g/mol. The number of nitrogens with zero attached hydrogens (tertiary/aromatic N) is 2. The lowest BCUT2D eigenvalue weighted by Gasteiger charge is -2.63. The minimum Gasteiger partial charge on any atom is -0.440 e. The summed E-state index contributed by atoms with van der Waals surface area (Å²) >= 11 is 1.51. The van der Waals surface area contributed by atoms with E-state index in [-0.39, 0.29) is 25.0 Å². The van der Waals surface area contributed by atoms with Crippen molar-refractivity contribution in [2.75, 3.05) is 13.2 Å². The van der Waals surface area contributed by atoms with Gasteiger partial charge in [-0.25, -0.2) is 13.8 Å². The molecule has 4 fully saturated rings. The van der Waals surface area contributed by atoms with Crippen LogP contribution in [0.2, 0.25) is 0 Å². The van der Waals surface area contributed by atoms with Gasteiger partial charge in [-0.3, -0.25) is 14.4 Å². The van der Waals surface area contributed by atoms with Crippen LogP contribution < -0.4 is 0 Å². The Labute approximate surface area is 246 Å². The van der Waals surface area contributed by atoms with Crippen molar-refractivity contribution in [1.82, 2.24) is 10.0 Å². The van der Waals surface area contributed by atoms with E-state index in [1.165, 1.54) is 29.6 Å². The number of Topliss-reactive ketones (excluding diaryl/α,β-unsaturated/α-hetero) is 1. The molecule has 0 spiro atoms.